The average molecular weight is 380 g/mol. The number of hydrogen-bond acceptors (Lipinski definition) is 6. The minimum absolute atomic E-state index is 0.372. The van der Waals surface area contributed by atoms with Crippen LogP contribution >= 0.6 is 0 Å². The Labute approximate surface area is 166 Å². The summed E-state index contributed by atoms with van der Waals surface area (Å²) >= 11 is 0. The van der Waals surface area contributed by atoms with Gasteiger partial charge in [0.05, 0.1) is 18.9 Å². The van der Waals surface area contributed by atoms with Gasteiger partial charge >= 0.3 is 0 Å². The summed E-state index contributed by atoms with van der Waals surface area (Å²) in [6.07, 6.45) is 5.52. The van der Waals surface area contributed by atoms with Crippen molar-refractivity contribution < 1.29 is 9.47 Å². The van der Waals surface area contributed by atoms with Gasteiger partial charge in [-0.1, -0.05) is 30.3 Å². The zero-order valence-electron chi connectivity index (χ0n) is 16.3. The predicted molar refractivity (Wildman–Crippen MR) is 110 cm³/mol. The molecule has 1 aromatic heterocycles. The number of rotatable bonds is 3. The Morgan fingerprint density at radius 2 is 1.50 bits per heavy atom. The summed E-state index contributed by atoms with van der Waals surface area (Å²) in [4.78, 5) is 14.6. The maximum atomic E-state index is 5.88. The van der Waals surface area contributed by atoms with Crippen LogP contribution in [0.3, 0.4) is 0 Å². The lowest BCUT2D eigenvalue weighted by Gasteiger charge is -2.38. The molecule has 5 rings (SSSR count). The minimum Gasteiger partial charge on any atom is -0.356 e. The van der Waals surface area contributed by atoms with Crippen molar-refractivity contribution in [2.75, 3.05) is 49.2 Å². The summed E-state index contributed by atoms with van der Waals surface area (Å²) in [7, 11) is 0. The first-order chi connectivity index (χ1) is 13.8. The van der Waals surface area contributed by atoms with E-state index in [4.69, 9.17) is 19.4 Å². The molecule has 4 heterocycles. The fourth-order valence-electron chi connectivity index (χ4n) is 4.44. The molecule has 3 aliphatic heterocycles. The molecule has 0 bridgehead atoms. The van der Waals surface area contributed by atoms with Gasteiger partial charge in [-0.2, -0.15) is 4.98 Å². The molecule has 1 spiro atoms. The quantitative estimate of drug-likeness (QED) is 0.813. The molecule has 0 N–H and O–H groups in total. The van der Waals surface area contributed by atoms with E-state index in [9.17, 15) is 0 Å². The highest BCUT2D eigenvalue weighted by Gasteiger charge is 2.40. The number of hydrogen-bond donors (Lipinski definition) is 0. The van der Waals surface area contributed by atoms with E-state index in [-0.39, 0.29) is 5.79 Å². The Kier molecular flexibility index (Phi) is 4.91. The summed E-state index contributed by atoms with van der Waals surface area (Å²) in [5.74, 6) is 1.51. The first-order valence-electron chi connectivity index (χ1n) is 10.5. The van der Waals surface area contributed by atoms with Crippen molar-refractivity contribution in [3.8, 4) is 11.3 Å². The lowest BCUT2D eigenvalue weighted by Crippen LogP contribution is -2.45. The minimum atomic E-state index is -0.372. The molecule has 0 saturated carbocycles. The Hall–Kier alpha value is -2.18. The van der Waals surface area contributed by atoms with Gasteiger partial charge in [0.1, 0.15) is 5.82 Å². The van der Waals surface area contributed by atoms with Crippen LogP contribution in [0.4, 0.5) is 11.8 Å². The van der Waals surface area contributed by atoms with Gasteiger partial charge in [-0.25, -0.2) is 4.98 Å². The van der Waals surface area contributed by atoms with E-state index < -0.39 is 0 Å². The smallest absolute Gasteiger partial charge is 0.227 e. The zero-order valence-corrected chi connectivity index (χ0v) is 16.3. The summed E-state index contributed by atoms with van der Waals surface area (Å²) in [5, 5.41) is 0. The molecule has 6 nitrogen and oxygen atoms in total. The topological polar surface area (TPSA) is 50.7 Å². The van der Waals surface area contributed by atoms with Crippen LogP contribution in [0.15, 0.2) is 36.4 Å². The number of nitrogens with zero attached hydrogens (tertiary/aromatic N) is 4. The monoisotopic (exact) mass is 380 g/mol. The van der Waals surface area contributed by atoms with Gasteiger partial charge in [0.2, 0.25) is 5.95 Å². The van der Waals surface area contributed by atoms with Crippen LogP contribution < -0.4 is 9.80 Å². The standard InChI is InChI=1S/C22H28N4O2/c1-3-7-18(8-4-1)19-17-20(25-11-5-2-6-12-25)24-21(23-19)26-13-9-22(10-14-26)27-15-16-28-22/h1,3-4,7-8,17H,2,5-6,9-16H2. The van der Waals surface area contributed by atoms with E-state index >= 15 is 0 Å². The first kappa shape index (κ1) is 17.9. The first-order valence-corrected chi connectivity index (χ1v) is 10.5. The number of benzene rings is 1. The molecular formula is C22H28N4O2. The van der Waals surface area contributed by atoms with Gasteiger partial charge in [-0.05, 0) is 19.3 Å². The van der Waals surface area contributed by atoms with E-state index in [2.05, 4.69) is 40.1 Å². The van der Waals surface area contributed by atoms with Crippen LogP contribution in [0.1, 0.15) is 32.1 Å². The summed E-state index contributed by atoms with van der Waals surface area (Å²) in [6.45, 7) is 5.29. The predicted octanol–water partition coefficient (Wildman–Crippen LogP) is 3.48. The number of anilines is 2. The van der Waals surface area contributed by atoms with E-state index in [1.165, 1.54) is 19.3 Å². The second-order valence-corrected chi connectivity index (χ2v) is 7.92. The average Bonchev–Trinajstić information content (AvgIpc) is 3.23. The second-order valence-electron chi connectivity index (χ2n) is 7.92. The second kappa shape index (κ2) is 7.68. The normalized spacial score (nSPS) is 22.0. The van der Waals surface area contributed by atoms with Crippen LogP contribution in [-0.2, 0) is 9.47 Å². The lowest BCUT2D eigenvalue weighted by molar-refractivity contribution is -0.169. The molecule has 3 aliphatic rings. The molecule has 1 aromatic carbocycles. The third-order valence-electron chi connectivity index (χ3n) is 6.07. The molecule has 2 aromatic rings. The van der Waals surface area contributed by atoms with Gasteiger partial charge in [0, 0.05) is 50.7 Å². The maximum Gasteiger partial charge on any atom is 0.227 e. The van der Waals surface area contributed by atoms with Gasteiger partial charge in [-0.15, -0.1) is 0 Å². The maximum absolute atomic E-state index is 5.88. The Balaban J connectivity index is 1.44. The third-order valence-corrected chi connectivity index (χ3v) is 6.07. The molecule has 148 valence electrons. The summed E-state index contributed by atoms with van der Waals surface area (Å²) < 4.78 is 11.8. The highest BCUT2D eigenvalue weighted by Crippen LogP contribution is 2.34. The Bertz CT molecular complexity index is 791. The van der Waals surface area contributed by atoms with E-state index in [0.29, 0.717) is 13.2 Å². The van der Waals surface area contributed by atoms with Gasteiger partial charge in [0.15, 0.2) is 5.79 Å². The van der Waals surface area contributed by atoms with Crippen molar-refractivity contribution in [3.05, 3.63) is 36.4 Å². The lowest BCUT2D eigenvalue weighted by atomic mass is 10.0. The zero-order chi connectivity index (χ0) is 18.8. The van der Waals surface area contributed by atoms with Crippen molar-refractivity contribution in [1.29, 1.82) is 0 Å². The van der Waals surface area contributed by atoms with E-state index in [1.807, 2.05) is 6.07 Å². The fraction of sp³-hybridized carbons (Fsp3) is 0.545. The largest absolute Gasteiger partial charge is 0.356 e. The summed E-state index contributed by atoms with van der Waals surface area (Å²) in [6, 6.07) is 12.6. The van der Waals surface area contributed by atoms with Gasteiger partial charge in [0.25, 0.3) is 0 Å². The van der Waals surface area contributed by atoms with Crippen LogP contribution in [0.25, 0.3) is 11.3 Å². The third kappa shape index (κ3) is 3.59. The molecule has 28 heavy (non-hydrogen) atoms. The van der Waals surface area contributed by atoms with Crippen LogP contribution in [-0.4, -0.2) is 55.1 Å². The van der Waals surface area contributed by atoms with Gasteiger partial charge < -0.3 is 19.3 Å². The van der Waals surface area contributed by atoms with Gasteiger partial charge in [-0.3, -0.25) is 0 Å². The molecule has 6 heteroatoms. The molecular weight excluding hydrogens is 352 g/mol. The van der Waals surface area contributed by atoms with Crippen LogP contribution in [0.5, 0.6) is 0 Å². The van der Waals surface area contributed by atoms with Crippen molar-refractivity contribution in [3.63, 3.8) is 0 Å². The number of ether oxygens (including phenoxy) is 2. The molecule has 0 unspecified atom stereocenters. The Morgan fingerprint density at radius 1 is 0.786 bits per heavy atom. The number of piperidine rings is 2. The highest BCUT2D eigenvalue weighted by molar-refractivity contribution is 5.65. The van der Waals surface area contributed by atoms with Crippen LogP contribution in [0.2, 0.25) is 0 Å². The fourth-order valence-corrected chi connectivity index (χ4v) is 4.44. The molecule has 0 radical (unpaired) electrons. The molecule has 3 saturated heterocycles. The number of aromatic nitrogens is 2. The van der Waals surface area contributed by atoms with Crippen molar-refractivity contribution >= 4 is 11.8 Å². The Morgan fingerprint density at radius 3 is 2.21 bits per heavy atom. The molecule has 3 fully saturated rings. The summed E-state index contributed by atoms with van der Waals surface area (Å²) in [5.41, 5.74) is 2.14. The van der Waals surface area contributed by atoms with E-state index in [0.717, 1.165) is 62.0 Å². The van der Waals surface area contributed by atoms with Crippen LogP contribution in [0, 0.1) is 0 Å². The van der Waals surface area contributed by atoms with Crippen molar-refractivity contribution in [1.82, 2.24) is 9.97 Å². The molecule has 0 aliphatic carbocycles. The highest BCUT2D eigenvalue weighted by atomic mass is 16.7. The van der Waals surface area contributed by atoms with E-state index in [1.54, 1.807) is 0 Å². The molecule has 0 amide bonds. The molecule has 0 atom stereocenters. The SMILES string of the molecule is c1ccc(-c2cc(N3CCCCC3)nc(N3CCC4(CC3)OCCO4)n2)cc1. The van der Waals surface area contributed by atoms with Crippen molar-refractivity contribution in [2.45, 2.75) is 37.9 Å². The van der Waals surface area contributed by atoms with Crippen molar-refractivity contribution in [2.24, 2.45) is 0 Å².